The van der Waals surface area contributed by atoms with E-state index in [1.807, 2.05) is 35.0 Å². The van der Waals surface area contributed by atoms with Crippen molar-refractivity contribution >= 4 is 22.4 Å². The summed E-state index contributed by atoms with van der Waals surface area (Å²) in [5.74, 6) is 0.299. The molecule has 7 heteroatoms. The first-order chi connectivity index (χ1) is 13.1. The average Bonchev–Trinajstić information content (AvgIpc) is 3.11. The van der Waals surface area contributed by atoms with Crippen molar-refractivity contribution in [3.63, 3.8) is 0 Å². The van der Waals surface area contributed by atoms with Gasteiger partial charge in [-0.2, -0.15) is 5.10 Å². The highest BCUT2D eigenvalue weighted by Gasteiger charge is 2.26. The predicted molar refractivity (Wildman–Crippen MR) is 101 cm³/mol. The number of hydrogen-bond acceptors (Lipinski definition) is 5. The third kappa shape index (κ3) is 3.59. The molecular weight excluding hydrogens is 344 g/mol. The molecule has 0 bridgehead atoms. The average molecular weight is 364 g/mol. The normalized spacial score (nSPS) is 15.9. The SMILES string of the molecule is O=C(c1ccccc1)C1CCN(Cn2ncc3cc([N+](=O)[O-])ccc32)CC1. The molecule has 2 aromatic carbocycles. The second-order valence-electron chi connectivity index (χ2n) is 6.91. The molecule has 0 aliphatic carbocycles. The van der Waals surface area contributed by atoms with Crippen molar-refractivity contribution in [1.29, 1.82) is 0 Å². The lowest BCUT2D eigenvalue weighted by Gasteiger charge is -2.31. The molecule has 2 heterocycles. The Bertz CT molecular complexity index is 975. The maximum absolute atomic E-state index is 12.6. The van der Waals surface area contributed by atoms with Crippen LogP contribution in [0.5, 0.6) is 0 Å². The van der Waals surface area contributed by atoms with Crippen molar-refractivity contribution < 1.29 is 9.72 Å². The number of non-ortho nitro benzene ring substituents is 1. The quantitative estimate of drug-likeness (QED) is 0.393. The number of nitrogens with zero attached hydrogens (tertiary/aromatic N) is 4. The van der Waals surface area contributed by atoms with Gasteiger partial charge >= 0.3 is 0 Å². The van der Waals surface area contributed by atoms with Gasteiger partial charge in [-0.1, -0.05) is 30.3 Å². The van der Waals surface area contributed by atoms with Crippen LogP contribution in [0.4, 0.5) is 5.69 Å². The monoisotopic (exact) mass is 364 g/mol. The largest absolute Gasteiger partial charge is 0.294 e. The number of Topliss-reactive ketones (excluding diaryl/α,β-unsaturated/α-hetero) is 1. The van der Waals surface area contributed by atoms with Gasteiger partial charge in [-0.05, 0) is 18.9 Å². The molecule has 1 aliphatic rings. The van der Waals surface area contributed by atoms with Crippen molar-refractivity contribution in [1.82, 2.24) is 14.7 Å². The van der Waals surface area contributed by atoms with Gasteiger partial charge in [-0.15, -0.1) is 0 Å². The van der Waals surface area contributed by atoms with Gasteiger partial charge in [-0.3, -0.25) is 24.5 Å². The van der Waals surface area contributed by atoms with E-state index >= 15 is 0 Å². The molecule has 1 aromatic heterocycles. The Labute approximate surface area is 156 Å². The van der Waals surface area contributed by atoms with E-state index in [2.05, 4.69) is 10.00 Å². The summed E-state index contributed by atoms with van der Waals surface area (Å²) in [5.41, 5.74) is 1.74. The van der Waals surface area contributed by atoms with Crippen LogP contribution in [0, 0.1) is 16.0 Å². The summed E-state index contributed by atoms with van der Waals surface area (Å²) < 4.78 is 1.86. The van der Waals surface area contributed by atoms with E-state index in [1.54, 1.807) is 18.3 Å². The molecule has 3 aromatic rings. The highest BCUT2D eigenvalue weighted by atomic mass is 16.6. The standard InChI is InChI=1S/C20H20N4O3/c25-20(15-4-2-1-3-5-15)16-8-10-22(11-9-16)14-23-19-7-6-18(24(26)27)12-17(19)13-21-23/h1-7,12-13,16H,8-11,14H2. The van der Waals surface area contributed by atoms with E-state index in [4.69, 9.17) is 0 Å². The molecule has 1 aliphatic heterocycles. The number of piperidine rings is 1. The number of nitro benzene ring substituents is 1. The summed E-state index contributed by atoms with van der Waals surface area (Å²) in [6.07, 6.45) is 3.32. The van der Waals surface area contributed by atoms with Gasteiger partial charge in [0, 0.05) is 42.1 Å². The lowest BCUT2D eigenvalue weighted by Crippen LogP contribution is -2.37. The molecule has 0 radical (unpaired) electrons. The molecule has 0 amide bonds. The van der Waals surface area contributed by atoms with E-state index in [0.29, 0.717) is 6.67 Å². The molecule has 1 fully saturated rings. The van der Waals surface area contributed by atoms with Crippen LogP contribution in [-0.4, -0.2) is 38.5 Å². The third-order valence-corrected chi connectivity index (χ3v) is 5.19. The number of rotatable bonds is 5. The summed E-state index contributed by atoms with van der Waals surface area (Å²) in [5, 5.41) is 16.0. The number of aromatic nitrogens is 2. The summed E-state index contributed by atoms with van der Waals surface area (Å²) >= 11 is 0. The van der Waals surface area contributed by atoms with Gasteiger partial charge in [0.1, 0.15) is 0 Å². The van der Waals surface area contributed by atoms with Crippen molar-refractivity contribution in [2.45, 2.75) is 19.5 Å². The first-order valence-electron chi connectivity index (χ1n) is 9.03. The van der Waals surface area contributed by atoms with E-state index in [0.717, 1.165) is 42.4 Å². The van der Waals surface area contributed by atoms with Gasteiger partial charge < -0.3 is 0 Å². The third-order valence-electron chi connectivity index (χ3n) is 5.19. The summed E-state index contributed by atoms with van der Waals surface area (Å²) in [6, 6.07) is 14.3. The zero-order valence-corrected chi connectivity index (χ0v) is 14.8. The van der Waals surface area contributed by atoms with Gasteiger partial charge in [0.05, 0.1) is 23.3 Å². The topological polar surface area (TPSA) is 81.3 Å². The Balaban J connectivity index is 1.40. The minimum absolute atomic E-state index is 0.0701. The minimum Gasteiger partial charge on any atom is -0.294 e. The van der Waals surface area contributed by atoms with Gasteiger partial charge in [-0.25, -0.2) is 0 Å². The fourth-order valence-corrected chi connectivity index (χ4v) is 3.66. The number of likely N-dealkylation sites (tertiary alicyclic amines) is 1. The van der Waals surface area contributed by atoms with Crippen LogP contribution in [0.3, 0.4) is 0 Å². The summed E-state index contributed by atoms with van der Waals surface area (Å²) in [6.45, 7) is 2.28. The summed E-state index contributed by atoms with van der Waals surface area (Å²) in [7, 11) is 0. The molecule has 0 atom stereocenters. The molecule has 4 rings (SSSR count). The molecule has 0 N–H and O–H groups in total. The fraction of sp³-hybridized carbons (Fsp3) is 0.300. The number of benzene rings is 2. The summed E-state index contributed by atoms with van der Waals surface area (Å²) in [4.78, 5) is 25.4. The molecule has 138 valence electrons. The zero-order chi connectivity index (χ0) is 18.8. The van der Waals surface area contributed by atoms with Crippen molar-refractivity contribution in [3.8, 4) is 0 Å². The smallest absolute Gasteiger partial charge is 0.270 e. The maximum Gasteiger partial charge on any atom is 0.270 e. The predicted octanol–water partition coefficient (Wildman–Crippen LogP) is 3.50. The number of carbonyl (C=O) groups excluding carboxylic acids is 1. The molecule has 0 spiro atoms. The fourth-order valence-electron chi connectivity index (χ4n) is 3.66. The van der Waals surface area contributed by atoms with E-state index < -0.39 is 4.92 Å². The second kappa shape index (κ2) is 7.28. The minimum atomic E-state index is -0.398. The molecule has 0 saturated carbocycles. The number of nitro groups is 1. The number of fused-ring (bicyclic) bond motifs is 1. The van der Waals surface area contributed by atoms with E-state index in [-0.39, 0.29) is 17.4 Å². The van der Waals surface area contributed by atoms with Crippen LogP contribution in [0.2, 0.25) is 0 Å². The van der Waals surface area contributed by atoms with E-state index in [9.17, 15) is 14.9 Å². The molecule has 27 heavy (non-hydrogen) atoms. The van der Waals surface area contributed by atoms with Crippen LogP contribution in [0.15, 0.2) is 54.7 Å². The molecule has 1 saturated heterocycles. The van der Waals surface area contributed by atoms with Crippen molar-refractivity contribution in [2.24, 2.45) is 5.92 Å². The van der Waals surface area contributed by atoms with Gasteiger partial charge in [0.2, 0.25) is 0 Å². The van der Waals surface area contributed by atoms with Crippen LogP contribution in [-0.2, 0) is 6.67 Å². The highest BCUT2D eigenvalue weighted by molar-refractivity contribution is 5.97. The second-order valence-corrected chi connectivity index (χ2v) is 6.91. The number of carbonyl (C=O) groups is 1. The van der Waals surface area contributed by atoms with Crippen molar-refractivity contribution in [2.75, 3.05) is 13.1 Å². The molecular formula is C20H20N4O3. The maximum atomic E-state index is 12.6. The van der Waals surface area contributed by atoms with Gasteiger partial charge in [0.25, 0.3) is 5.69 Å². The Hall–Kier alpha value is -3.06. The van der Waals surface area contributed by atoms with E-state index in [1.165, 1.54) is 6.07 Å². The van der Waals surface area contributed by atoms with Crippen LogP contribution in [0.25, 0.3) is 10.9 Å². The lowest BCUT2D eigenvalue weighted by atomic mass is 9.89. The highest BCUT2D eigenvalue weighted by Crippen LogP contribution is 2.24. The van der Waals surface area contributed by atoms with Crippen LogP contribution >= 0.6 is 0 Å². The Kier molecular flexibility index (Phi) is 4.68. The van der Waals surface area contributed by atoms with Gasteiger partial charge in [0.15, 0.2) is 5.78 Å². The van der Waals surface area contributed by atoms with Crippen molar-refractivity contribution in [3.05, 3.63) is 70.4 Å². The zero-order valence-electron chi connectivity index (χ0n) is 14.8. The van der Waals surface area contributed by atoms with Crippen LogP contribution in [0.1, 0.15) is 23.2 Å². The number of ketones is 1. The molecule has 0 unspecified atom stereocenters. The first kappa shape index (κ1) is 17.4. The molecule has 7 nitrogen and oxygen atoms in total. The van der Waals surface area contributed by atoms with Crippen LogP contribution < -0.4 is 0 Å². The first-order valence-corrected chi connectivity index (χ1v) is 9.03. The Morgan fingerprint density at radius 2 is 1.89 bits per heavy atom. The lowest BCUT2D eigenvalue weighted by molar-refractivity contribution is -0.384. The Morgan fingerprint density at radius 1 is 1.15 bits per heavy atom. The Morgan fingerprint density at radius 3 is 2.59 bits per heavy atom. The number of hydrogen-bond donors (Lipinski definition) is 0.